The van der Waals surface area contributed by atoms with Gasteiger partial charge >= 0.3 is 0 Å². The molecule has 0 aliphatic carbocycles. The van der Waals surface area contributed by atoms with Gasteiger partial charge in [-0.1, -0.05) is 30.0 Å². The zero-order valence-electron chi connectivity index (χ0n) is 10.7. The van der Waals surface area contributed by atoms with Crippen molar-refractivity contribution in [2.75, 3.05) is 0 Å². The molecule has 19 heavy (non-hydrogen) atoms. The second-order valence-electron chi connectivity index (χ2n) is 4.16. The van der Waals surface area contributed by atoms with Crippen molar-refractivity contribution in [1.29, 1.82) is 5.41 Å². The van der Waals surface area contributed by atoms with Gasteiger partial charge in [0.15, 0.2) is 5.16 Å². The Morgan fingerprint density at radius 1 is 1.42 bits per heavy atom. The molecule has 0 saturated heterocycles. The second-order valence-corrected chi connectivity index (χ2v) is 5.16. The number of H-pyrrole nitrogens is 1. The van der Waals surface area contributed by atoms with E-state index >= 15 is 0 Å². The molecule has 0 amide bonds. The van der Waals surface area contributed by atoms with E-state index in [1.807, 2.05) is 19.1 Å². The van der Waals surface area contributed by atoms with Gasteiger partial charge in [-0.15, -0.1) is 0 Å². The largest absolute Gasteiger partial charge is 0.384 e. The first-order valence-electron chi connectivity index (χ1n) is 5.67. The summed E-state index contributed by atoms with van der Waals surface area (Å²) in [5.41, 5.74) is 7.68. The maximum atomic E-state index is 11.4. The van der Waals surface area contributed by atoms with Crippen LogP contribution < -0.4 is 11.3 Å². The quantitative estimate of drug-likeness (QED) is 0.452. The smallest absolute Gasteiger partial charge is 0.251 e. The average Bonchev–Trinajstić information content (AvgIpc) is 2.30. The predicted octanol–water partition coefficient (Wildman–Crippen LogP) is 1.82. The van der Waals surface area contributed by atoms with Crippen LogP contribution in [0.2, 0.25) is 0 Å². The summed E-state index contributed by atoms with van der Waals surface area (Å²) in [6, 6.07) is 7.00. The molecule has 0 spiro atoms. The first kappa shape index (κ1) is 13.4. The number of nitrogens with two attached hydrogens (primary N) is 1. The van der Waals surface area contributed by atoms with Crippen molar-refractivity contribution >= 4 is 17.6 Å². The van der Waals surface area contributed by atoms with Crippen molar-refractivity contribution in [3.05, 3.63) is 51.4 Å². The molecule has 0 unspecified atom stereocenters. The van der Waals surface area contributed by atoms with E-state index in [0.717, 1.165) is 10.5 Å². The maximum Gasteiger partial charge on any atom is 0.251 e. The standard InChI is InChI=1S/C13H14N4OS/c1-7-4-3-5-9(12(14)15)11(7)19-13-16-8(2)6-10(18)17-13/h3-6H,1-2H3,(H3,14,15)(H,16,17,18). The molecule has 0 aliphatic heterocycles. The van der Waals surface area contributed by atoms with Crippen LogP contribution in [-0.4, -0.2) is 15.8 Å². The average molecular weight is 274 g/mol. The third-order valence-corrected chi connectivity index (χ3v) is 3.68. The monoisotopic (exact) mass is 274 g/mol. The van der Waals surface area contributed by atoms with E-state index in [1.54, 1.807) is 13.0 Å². The van der Waals surface area contributed by atoms with E-state index in [1.165, 1.54) is 17.8 Å². The summed E-state index contributed by atoms with van der Waals surface area (Å²) in [4.78, 5) is 19.2. The Bertz CT molecular complexity index is 693. The zero-order chi connectivity index (χ0) is 14.0. The van der Waals surface area contributed by atoms with Crippen LogP contribution in [0.1, 0.15) is 16.8 Å². The number of nitrogens with one attached hydrogen (secondary N) is 2. The summed E-state index contributed by atoms with van der Waals surface area (Å²) in [6.45, 7) is 3.70. The lowest BCUT2D eigenvalue weighted by Crippen LogP contribution is -2.13. The van der Waals surface area contributed by atoms with Crippen LogP contribution in [0.15, 0.2) is 39.1 Å². The Hall–Kier alpha value is -2.08. The zero-order valence-corrected chi connectivity index (χ0v) is 11.5. The number of rotatable bonds is 3. The van der Waals surface area contributed by atoms with E-state index in [-0.39, 0.29) is 11.4 Å². The molecular weight excluding hydrogens is 260 g/mol. The lowest BCUT2D eigenvalue weighted by molar-refractivity contribution is 0.904. The highest BCUT2D eigenvalue weighted by atomic mass is 32.2. The van der Waals surface area contributed by atoms with Gasteiger partial charge in [-0.2, -0.15) is 0 Å². The fraction of sp³-hybridized carbons (Fsp3) is 0.154. The van der Waals surface area contributed by atoms with Crippen LogP contribution in [0.4, 0.5) is 0 Å². The summed E-state index contributed by atoms with van der Waals surface area (Å²) in [5.74, 6) is 0.00111. The molecule has 0 radical (unpaired) electrons. The molecule has 1 heterocycles. The van der Waals surface area contributed by atoms with Crippen LogP contribution in [-0.2, 0) is 0 Å². The molecule has 1 aromatic heterocycles. The normalized spacial score (nSPS) is 10.4. The third-order valence-electron chi connectivity index (χ3n) is 2.55. The van der Waals surface area contributed by atoms with Gasteiger partial charge in [-0.25, -0.2) is 4.98 Å². The molecule has 6 heteroatoms. The summed E-state index contributed by atoms with van der Waals surface area (Å²) in [5, 5.41) is 8.10. The maximum absolute atomic E-state index is 11.4. The first-order chi connectivity index (χ1) is 8.97. The van der Waals surface area contributed by atoms with E-state index in [9.17, 15) is 4.79 Å². The number of benzene rings is 1. The highest BCUT2D eigenvalue weighted by Crippen LogP contribution is 2.30. The minimum atomic E-state index is -0.187. The lowest BCUT2D eigenvalue weighted by Gasteiger charge is -2.10. The molecule has 1 aromatic carbocycles. The van der Waals surface area contributed by atoms with E-state index in [4.69, 9.17) is 11.1 Å². The summed E-state index contributed by atoms with van der Waals surface area (Å²) >= 11 is 1.31. The number of hydrogen-bond acceptors (Lipinski definition) is 4. The van der Waals surface area contributed by atoms with Gasteiger partial charge < -0.3 is 10.7 Å². The second kappa shape index (κ2) is 5.27. The number of nitrogen functional groups attached to an aromatic ring is 1. The van der Waals surface area contributed by atoms with E-state index < -0.39 is 0 Å². The summed E-state index contributed by atoms with van der Waals surface area (Å²) < 4.78 is 0. The Balaban J connectivity index is 2.48. The van der Waals surface area contributed by atoms with E-state index in [0.29, 0.717) is 16.4 Å². The number of aromatic nitrogens is 2. The van der Waals surface area contributed by atoms with Crippen molar-refractivity contribution in [3.8, 4) is 0 Å². The SMILES string of the molecule is Cc1cc(=O)[nH]c(Sc2c(C)cccc2C(=N)N)n1. The molecule has 0 aliphatic rings. The number of hydrogen-bond donors (Lipinski definition) is 3. The van der Waals surface area contributed by atoms with Crippen LogP contribution in [0.25, 0.3) is 0 Å². The van der Waals surface area contributed by atoms with Crippen molar-refractivity contribution in [1.82, 2.24) is 9.97 Å². The van der Waals surface area contributed by atoms with Crippen LogP contribution in [0.3, 0.4) is 0 Å². The first-order valence-corrected chi connectivity index (χ1v) is 6.49. The highest BCUT2D eigenvalue weighted by Gasteiger charge is 2.11. The van der Waals surface area contributed by atoms with Gasteiger partial charge in [-0.05, 0) is 19.4 Å². The Kier molecular flexibility index (Phi) is 3.71. The van der Waals surface area contributed by atoms with Gasteiger partial charge in [0.2, 0.25) is 0 Å². The topological polar surface area (TPSA) is 95.6 Å². The Morgan fingerprint density at radius 3 is 2.79 bits per heavy atom. The number of amidine groups is 1. The van der Waals surface area contributed by atoms with Gasteiger partial charge in [0.1, 0.15) is 5.84 Å². The Labute approximate surface area is 114 Å². The number of aryl methyl sites for hydroxylation is 2. The molecule has 2 aromatic rings. The number of aromatic amines is 1. The van der Waals surface area contributed by atoms with Crippen molar-refractivity contribution in [2.45, 2.75) is 23.9 Å². The summed E-state index contributed by atoms with van der Waals surface area (Å²) in [6.07, 6.45) is 0. The molecule has 4 N–H and O–H groups in total. The molecule has 0 atom stereocenters. The van der Waals surface area contributed by atoms with Crippen molar-refractivity contribution in [3.63, 3.8) is 0 Å². The molecule has 98 valence electrons. The molecule has 5 nitrogen and oxygen atoms in total. The van der Waals surface area contributed by atoms with Crippen LogP contribution >= 0.6 is 11.8 Å². The van der Waals surface area contributed by atoms with Crippen molar-refractivity contribution < 1.29 is 0 Å². The highest BCUT2D eigenvalue weighted by molar-refractivity contribution is 7.99. The Morgan fingerprint density at radius 2 is 2.16 bits per heavy atom. The number of nitrogens with zero attached hydrogens (tertiary/aromatic N) is 1. The molecule has 0 bridgehead atoms. The lowest BCUT2D eigenvalue weighted by atomic mass is 10.1. The van der Waals surface area contributed by atoms with Crippen LogP contribution in [0, 0.1) is 19.3 Å². The third kappa shape index (κ3) is 3.03. The summed E-state index contributed by atoms with van der Waals surface area (Å²) in [7, 11) is 0. The molecular formula is C13H14N4OS. The molecule has 0 saturated carbocycles. The van der Waals surface area contributed by atoms with Crippen LogP contribution in [0.5, 0.6) is 0 Å². The minimum absolute atomic E-state index is 0.00111. The van der Waals surface area contributed by atoms with Crippen molar-refractivity contribution in [2.24, 2.45) is 5.73 Å². The molecule has 2 rings (SSSR count). The predicted molar refractivity (Wildman–Crippen MR) is 75.9 cm³/mol. The van der Waals surface area contributed by atoms with Gasteiger partial charge in [0, 0.05) is 22.2 Å². The van der Waals surface area contributed by atoms with Gasteiger partial charge in [0.05, 0.1) is 0 Å². The fourth-order valence-corrected chi connectivity index (χ4v) is 2.75. The minimum Gasteiger partial charge on any atom is -0.384 e. The van der Waals surface area contributed by atoms with E-state index in [2.05, 4.69) is 9.97 Å². The van der Waals surface area contributed by atoms with Gasteiger partial charge in [0.25, 0.3) is 5.56 Å². The molecule has 0 fully saturated rings. The van der Waals surface area contributed by atoms with Gasteiger partial charge in [-0.3, -0.25) is 10.2 Å². The fourth-order valence-electron chi connectivity index (χ4n) is 1.70.